The fraction of sp³-hybridized carbons (Fsp3) is 0.421. The highest BCUT2D eigenvalue weighted by molar-refractivity contribution is 5.74. The zero-order valence-electron chi connectivity index (χ0n) is 15.1. The number of rotatable bonds is 4. The van der Waals surface area contributed by atoms with Gasteiger partial charge in [-0.1, -0.05) is 0 Å². The number of aromatic nitrogens is 4. The molecule has 2 aromatic heterocycles. The Balaban J connectivity index is 1.37. The van der Waals surface area contributed by atoms with Gasteiger partial charge >= 0.3 is 0 Å². The van der Waals surface area contributed by atoms with Crippen LogP contribution in [0.15, 0.2) is 30.6 Å². The van der Waals surface area contributed by atoms with Crippen LogP contribution < -0.4 is 4.90 Å². The summed E-state index contributed by atoms with van der Waals surface area (Å²) in [6.45, 7) is 4.69. The van der Waals surface area contributed by atoms with Gasteiger partial charge in [-0.15, -0.1) is 0 Å². The molecular weight excluding hydrogens is 331 g/mol. The van der Waals surface area contributed by atoms with E-state index in [1.165, 1.54) is 12.1 Å². The quantitative estimate of drug-likeness (QED) is 0.781. The number of nitrogens with one attached hydrogen (secondary N) is 1. The zero-order chi connectivity index (χ0) is 18.1. The first-order valence-electron chi connectivity index (χ1n) is 8.96. The predicted molar refractivity (Wildman–Crippen MR) is 99.5 cm³/mol. The average Bonchev–Trinajstić information content (AvgIpc) is 3.03. The second-order valence-electron chi connectivity index (χ2n) is 7.00. The summed E-state index contributed by atoms with van der Waals surface area (Å²) >= 11 is 0. The summed E-state index contributed by atoms with van der Waals surface area (Å²) in [5.74, 6) is 1.65. The van der Waals surface area contributed by atoms with Crippen molar-refractivity contribution in [3.05, 3.63) is 47.9 Å². The maximum absolute atomic E-state index is 13.3. The average molecular weight is 354 g/mol. The van der Waals surface area contributed by atoms with Crippen LogP contribution >= 0.6 is 0 Å². The molecular formula is C19H23FN6. The number of aryl methyl sites for hydroxylation is 1. The minimum absolute atomic E-state index is 0.242. The maximum atomic E-state index is 13.3. The number of hydrogen-bond donors (Lipinski definition) is 1. The first-order chi connectivity index (χ1) is 12.6. The fourth-order valence-electron chi connectivity index (χ4n) is 3.62. The summed E-state index contributed by atoms with van der Waals surface area (Å²) in [5.41, 5.74) is 2.56. The summed E-state index contributed by atoms with van der Waals surface area (Å²) in [4.78, 5) is 21.0. The monoisotopic (exact) mass is 354 g/mol. The third kappa shape index (κ3) is 3.53. The molecule has 0 spiro atoms. The maximum Gasteiger partial charge on any atom is 0.132 e. The number of benzene rings is 1. The molecule has 7 heteroatoms. The van der Waals surface area contributed by atoms with Crippen LogP contribution in [0.5, 0.6) is 0 Å². The molecule has 3 heterocycles. The number of fused-ring (bicyclic) bond motifs is 1. The number of piperidine rings is 1. The molecule has 0 aliphatic carbocycles. The Hall–Kier alpha value is -2.54. The molecule has 0 atom stereocenters. The third-order valence-corrected chi connectivity index (χ3v) is 5.09. The largest absolute Gasteiger partial charge is 0.356 e. The van der Waals surface area contributed by atoms with Gasteiger partial charge in [-0.25, -0.2) is 19.3 Å². The van der Waals surface area contributed by atoms with E-state index in [0.29, 0.717) is 6.04 Å². The van der Waals surface area contributed by atoms with E-state index in [4.69, 9.17) is 0 Å². The number of halogens is 1. The summed E-state index contributed by atoms with van der Waals surface area (Å²) in [7, 11) is 2.13. The van der Waals surface area contributed by atoms with E-state index in [1.807, 2.05) is 13.0 Å². The van der Waals surface area contributed by atoms with Crippen molar-refractivity contribution < 1.29 is 4.39 Å². The number of anilines is 1. The van der Waals surface area contributed by atoms with Crippen molar-refractivity contribution in [1.82, 2.24) is 24.8 Å². The van der Waals surface area contributed by atoms with Crippen LogP contribution in [0.1, 0.15) is 24.4 Å². The molecule has 6 nitrogen and oxygen atoms in total. The van der Waals surface area contributed by atoms with E-state index in [-0.39, 0.29) is 5.82 Å². The lowest BCUT2D eigenvalue weighted by atomic mass is 10.0. The van der Waals surface area contributed by atoms with E-state index in [0.717, 1.165) is 60.8 Å². The van der Waals surface area contributed by atoms with Gasteiger partial charge in [-0.3, -0.25) is 4.90 Å². The Kier molecular flexibility index (Phi) is 4.55. The Bertz CT molecular complexity index is 900. The standard InChI is InChI=1S/C19H23FN6/c1-13-9-19(22-12-21-13)26-7-5-15(6-8-26)25(2)11-18-23-16-4-3-14(20)10-17(16)24-18/h3-4,9-10,12,15H,5-8,11H2,1-2H3,(H,23,24). The normalized spacial score (nSPS) is 15.9. The van der Waals surface area contributed by atoms with E-state index in [1.54, 1.807) is 12.4 Å². The van der Waals surface area contributed by atoms with Crippen LogP contribution in [0.3, 0.4) is 0 Å². The van der Waals surface area contributed by atoms with Crippen molar-refractivity contribution in [2.45, 2.75) is 32.4 Å². The van der Waals surface area contributed by atoms with Gasteiger partial charge in [0.2, 0.25) is 0 Å². The van der Waals surface area contributed by atoms with Crippen LogP contribution in [0.4, 0.5) is 10.2 Å². The molecule has 0 unspecified atom stereocenters. The van der Waals surface area contributed by atoms with Gasteiger partial charge in [0.15, 0.2) is 0 Å². The molecule has 3 aromatic rings. The first kappa shape index (κ1) is 16.9. The number of nitrogens with zero attached hydrogens (tertiary/aromatic N) is 5. The van der Waals surface area contributed by atoms with Gasteiger partial charge in [0.1, 0.15) is 23.8 Å². The summed E-state index contributed by atoms with van der Waals surface area (Å²) < 4.78 is 13.3. The highest BCUT2D eigenvalue weighted by atomic mass is 19.1. The SMILES string of the molecule is Cc1cc(N2CCC(N(C)Cc3nc4ccc(F)cc4[nH]3)CC2)ncn1. The molecule has 1 aromatic carbocycles. The van der Waals surface area contributed by atoms with E-state index in [2.05, 4.69) is 36.8 Å². The Morgan fingerprint density at radius 2 is 2.04 bits per heavy atom. The van der Waals surface area contributed by atoms with Gasteiger partial charge in [0, 0.05) is 30.9 Å². The highest BCUT2D eigenvalue weighted by Gasteiger charge is 2.24. The van der Waals surface area contributed by atoms with E-state index in [9.17, 15) is 4.39 Å². The second-order valence-corrected chi connectivity index (χ2v) is 7.00. The minimum atomic E-state index is -0.242. The van der Waals surface area contributed by atoms with Crippen molar-refractivity contribution in [3.63, 3.8) is 0 Å². The van der Waals surface area contributed by atoms with Gasteiger partial charge in [-0.2, -0.15) is 0 Å². The molecule has 1 aliphatic heterocycles. The lowest BCUT2D eigenvalue weighted by molar-refractivity contribution is 0.196. The van der Waals surface area contributed by atoms with Crippen molar-refractivity contribution in [1.29, 1.82) is 0 Å². The van der Waals surface area contributed by atoms with E-state index >= 15 is 0 Å². The smallest absolute Gasteiger partial charge is 0.132 e. The topological polar surface area (TPSA) is 60.9 Å². The van der Waals surface area contributed by atoms with Crippen LogP contribution in [0, 0.1) is 12.7 Å². The van der Waals surface area contributed by atoms with Crippen LogP contribution in [-0.4, -0.2) is 51.0 Å². The zero-order valence-corrected chi connectivity index (χ0v) is 15.1. The number of hydrogen-bond acceptors (Lipinski definition) is 5. The predicted octanol–water partition coefficient (Wildman–Crippen LogP) is 2.90. The van der Waals surface area contributed by atoms with Crippen LogP contribution in [0.25, 0.3) is 11.0 Å². The Morgan fingerprint density at radius 1 is 1.23 bits per heavy atom. The Labute approximate surface area is 152 Å². The molecule has 1 saturated heterocycles. The van der Waals surface area contributed by atoms with Crippen LogP contribution in [0.2, 0.25) is 0 Å². The second kappa shape index (κ2) is 6.99. The minimum Gasteiger partial charge on any atom is -0.356 e. The molecule has 1 N–H and O–H groups in total. The summed E-state index contributed by atoms with van der Waals surface area (Å²) in [6.07, 6.45) is 3.79. The number of H-pyrrole nitrogens is 1. The van der Waals surface area contributed by atoms with Gasteiger partial charge in [0.25, 0.3) is 0 Å². The van der Waals surface area contributed by atoms with Crippen molar-refractivity contribution in [2.24, 2.45) is 0 Å². The first-order valence-corrected chi connectivity index (χ1v) is 8.96. The van der Waals surface area contributed by atoms with Gasteiger partial charge in [-0.05, 0) is 45.0 Å². The lowest BCUT2D eigenvalue weighted by Crippen LogP contribution is -2.43. The number of imidazole rings is 1. The van der Waals surface area contributed by atoms with Crippen molar-refractivity contribution >= 4 is 16.9 Å². The van der Waals surface area contributed by atoms with Crippen molar-refractivity contribution in [2.75, 3.05) is 25.0 Å². The summed E-state index contributed by atoms with van der Waals surface area (Å²) in [5, 5.41) is 0. The molecule has 4 rings (SSSR count). The summed E-state index contributed by atoms with van der Waals surface area (Å²) in [6, 6.07) is 7.19. The molecule has 0 amide bonds. The molecule has 136 valence electrons. The molecule has 0 saturated carbocycles. The Morgan fingerprint density at radius 3 is 2.81 bits per heavy atom. The molecule has 0 radical (unpaired) electrons. The van der Waals surface area contributed by atoms with E-state index < -0.39 is 0 Å². The molecule has 0 bridgehead atoms. The van der Waals surface area contributed by atoms with Crippen LogP contribution in [-0.2, 0) is 6.54 Å². The van der Waals surface area contributed by atoms with Gasteiger partial charge in [0.05, 0.1) is 17.6 Å². The van der Waals surface area contributed by atoms with Gasteiger partial charge < -0.3 is 9.88 Å². The lowest BCUT2D eigenvalue weighted by Gasteiger charge is -2.37. The fourth-order valence-corrected chi connectivity index (χ4v) is 3.62. The van der Waals surface area contributed by atoms with Crippen molar-refractivity contribution in [3.8, 4) is 0 Å². The number of aromatic amines is 1. The third-order valence-electron chi connectivity index (χ3n) is 5.09. The highest BCUT2D eigenvalue weighted by Crippen LogP contribution is 2.22. The molecule has 1 aliphatic rings. The molecule has 1 fully saturated rings. The molecule has 26 heavy (non-hydrogen) atoms.